The summed E-state index contributed by atoms with van der Waals surface area (Å²) < 4.78 is 18.0. The Bertz CT molecular complexity index is 691. The van der Waals surface area contributed by atoms with Crippen LogP contribution in [0.1, 0.15) is 0 Å². The molecular weight excluding hydrogens is 239 g/mol. The number of benzene rings is 1. The van der Waals surface area contributed by atoms with Gasteiger partial charge in [-0.05, 0) is 12.1 Å². The molecule has 0 saturated carbocycles. The van der Waals surface area contributed by atoms with E-state index in [0.717, 1.165) is 0 Å². The predicted octanol–water partition coefficient (Wildman–Crippen LogP) is 1.24. The molecule has 0 aliphatic carbocycles. The van der Waals surface area contributed by atoms with E-state index in [2.05, 4.69) is 25.3 Å². The first kappa shape index (κ1) is 10.4. The summed E-state index contributed by atoms with van der Waals surface area (Å²) in [6, 6.07) is 5.88. The molecule has 3 rings (SSSR count). The Morgan fingerprint density at radius 1 is 1.28 bits per heavy atom. The van der Waals surface area contributed by atoms with Crippen molar-refractivity contribution in [2.45, 2.75) is 0 Å². The Kier molecular flexibility index (Phi) is 2.26. The summed E-state index contributed by atoms with van der Waals surface area (Å²) in [6.45, 7) is 0. The number of nitrogen functional groups attached to an aromatic ring is 1. The molecule has 2 aromatic heterocycles. The second kappa shape index (κ2) is 3.91. The van der Waals surface area contributed by atoms with E-state index < -0.39 is 0 Å². The van der Waals surface area contributed by atoms with Gasteiger partial charge in [-0.15, -0.1) is 5.10 Å². The molecule has 0 atom stereocenters. The van der Waals surface area contributed by atoms with Crippen molar-refractivity contribution in [3.05, 3.63) is 30.1 Å². The summed E-state index contributed by atoms with van der Waals surface area (Å²) in [4.78, 5) is 7.92. The van der Waals surface area contributed by atoms with Crippen LogP contribution in [0.5, 0.6) is 0 Å². The number of nitrogens with two attached hydrogens (primary N) is 1. The highest BCUT2D eigenvalue weighted by atomic mass is 19.1. The monoisotopic (exact) mass is 246 g/mol. The highest BCUT2D eigenvalue weighted by Crippen LogP contribution is 2.20. The molecule has 0 saturated heterocycles. The van der Waals surface area contributed by atoms with E-state index in [0.29, 0.717) is 5.56 Å². The van der Waals surface area contributed by atoms with Gasteiger partial charge in [-0.25, -0.2) is 4.39 Å². The first-order chi connectivity index (χ1) is 8.72. The number of anilines is 1. The zero-order valence-corrected chi connectivity index (χ0v) is 8.96. The van der Waals surface area contributed by atoms with E-state index in [-0.39, 0.29) is 29.3 Å². The molecule has 1 aromatic carbocycles. The molecule has 8 heteroatoms. The van der Waals surface area contributed by atoms with Gasteiger partial charge in [-0.3, -0.25) is 5.10 Å². The van der Waals surface area contributed by atoms with Crippen LogP contribution >= 0.6 is 0 Å². The van der Waals surface area contributed by atoms with Crippen molar-refractivity contribution in [2.24, 2.45) is 0 Å². The van der Waals surface area contributed by atoms with Crippen LogP contribution in [0.4, 0.5) is 10.3 Å². The topological polar surface area (TPSA) is 107 Å². The summed E-state index contributed by atoms with van der Waals surface area (Å²) in [5, 5.41) is 9.92. The van der Waals surface area contributed by atoms with Gasteiger partial charge in [-0.1, -0.05) is 17.3 Å². The van der Waals surface area contributed by atoms with Gasteiger partial charge in [-0.2, -0.15) is 9.97 Å². The number of nitrogens with zero attached hydrogens (tertiary/aromatic N) is 4. The average Bonchev–Trinajstić information content (AvgIpc) is 2.97. The van der Waals surface area contributed by atoms with Crippen molar-refractivity contribution < 1.29 is 8.91 Å². The molecule has 0 fully saturated rings. The van der Waals surface area contributed by atoms with Crippen LogP contribution < -0.4 is 5.73 Å². The largest absolute Gasteiger partial charge is 0.366 e. The van der Waals surface area contributed by atoms with Gasteiger partial charge in [0.25, 0.3) is 5.89 Å². The molecule has 0 unspecified atom stereocenters. The zero-order chi connectivity index (χ0) is 12.5. The number of nitrogens with one attached hydrogen (secondary N) is 1. The van der Waals surface area contributed by atoms with Crippen molar-refractivity contribution in [3.63, 3.8) is 0 Å². The fourth-order valence-corrected chi connectivity index (χ4v) is 1.43. The number of hydrogen-bond donors (Lipinski definition) is 2. The van der Waals surface area contributed by atoms with Crippen molar-refractivity contribution in [1.82, 2.24) is 25.3 Å². The SMILES string of the molecule is Nc1n[nH]c(-c2nc(-c3cccc(F)c3)no2)n1. The Hall–Kier alpha value is -2.77. The lowest BCUT2D eigenvalue weighted by Gasteiger charge is -1.92. The second-order valence-corrected chi connectivity index (χ2v) is 3.48. The third kappa shape index (κ3) is 1.79. The summed E-state index contributed by atoms with van der Waals surface area (Å²) in [6.07, 6.45) is 0. The van der Waals surface area contributed by atoms with E-state index in [4.69, 9.17) is 10.3 Å². The molecule has 0 amide bonds. The number of aromatic nitrogens is 5. The third-order valence-corrected chi connectivity index (χ3v) is 2.21. The van der Waals surface area contributed by atoms with Gasteiger partial charge in [0.2, 0.25) is 17.6 Å². The highest BCUT2D eigenvalue weighted by molar-refractivity contribution is 5.56. The van der Waals surface area contributed by atoms with Crippen LogP contribution in [0.15, 0.2) is 28.8 Å². The Morgan fingerprint density at radius 3 is 2.89 bits per heavy atom. The van der Waals surface area contributed by atoms with Gasteiger partial charge in [0.15, 0.2) is 0 Å². The Labute approximate surface area is 99.9 Å². The molecular formula is C10H7FN6O. The van der Waals surface area contributed by atoms with E-state index >= 15 is 0 Å². The number of halogens is 1. The molecule has 2 heterocycles. The second-order valence-electron chi connectivity index (χ2n) is 3.48. The minimum absolute atomic E-state index is 0.0792. The lowest BCUT2D eigenvalue weighted by molar-refractivity contribution is 0.429. The van der Waals surface area contributed by atoms with E-state index in [1.165, 1.54) is 12.1 Å². The lowest BCUT2D eigenvalue weighted by atomic mass is 10.2. The number of H-pyrrole nitrogens is 1. The first-order valence-corrected chi connectivity index (χ1v) is 5.00. The van der Waals surface area contributed by atoms with Crippen LogP contribution in [-0.4, -0.2) is 25.3 Å². The van der Waals surface area contributed by atoms with E-state index in [1.807, 2.05) is 0 Å². The maximum atomic E-state index is 13.1. The first-order valence-electron chi connectivity index (χ1n) is 5.00. The van der Waals surface area contributed by atoms with E-state index in [9.17, 15) is 4.39 Å². The zero-order valence-electron chi connectivity index (χ0n) is 8.96. The maximum absolute atomic E-state index is 13.1. The van der Waals surface area contributed by atoms with Gasteiger partial charge in [0.1, 0.15) is 5.82 Å². The third-order valence-electron chi connectivity index (χ3n) is 2.21. The fourth-order valence-electron chi connectivity index (χ4n) is 1.43. The molecule has 18 heavy (non-hydrogen) atoms. The predicted molar refractivity (Wildman–Crippen MR) is 59.5 cm³/mol. The normalized spacial score (nSPS) is 10.7. The fraction of sp³-hybridized carbons (Fsp3) is 0. The molecule has 3 aromatic rings. The van der Waals surface area contributed by atoms with Crippen molar-refractivity contribution in [3.8, 4) is 23.1 Å². The van der Waals surface area contributed by atoms with Crippen molar-refractivity contribution >= 4 is 5.95 Å². The van der Waals surface area contributed by atoms with Gasteiger partial charge >= 0.3 is 0 Å². The van der Waals surface area contributed by atoms with Crippen LogP contribution in [0, 0.1) is 5.82 Å². The van der Waals surface area contributed by atoms with E-state index in [1.54, 1.807) is 12.1 Å². The Balaban J connectivity index is 1.99. The molecule has 0 radical (unpaired) electrons. The van der Waals surface area contributed by atoms with Gasteiger partial charge in [0, 0.05) is 5.56 Å². The molecule has 0 aliphatic rings. The molecule has 0 spiro atoms. The number of hydrogen-bond acceptors (Lipinski definition) is 6. The average molecular weight is 246 g/mol. The number of rotatable bonds is 2. The molecule has 7 nitrogen and oxygen atoms in total. The van der Waals surface area contributed by atoms with Crippen LogP contribution in [0.2, 0.25) is 0 Å². The summed E-state index contributed by atoms with van der Waals surface area (Å²) in [5.74, 6) is 0.374. The van der Waals surface area contributed by atoms with Crippen molar-refractivity contribution in [1.29, 1.82) is 0 Å². The standard InChI is InChI=1S/C10H7FN6O/c11-6-3-1-2-5(4-6)7-13-9(18-17-7)8-14-10(12)16-15-8/h1-4H,(H3,12,14,15,16). The lowest BCUT2D eigenvalue weighted by Crippen LogP contribution is -1.86. The maximum Gasteiger partial charge on any atom is 0.295 e. The van der Waals surface area contributed by atoms with Crippen LogP contribution in [-0.2, 0) is 0 Å². The summed E-state index contributed by atoms with van der Waals surface area (Å²) in [5.41, 5.74) is 5.87. The number of aromatic amines is 1. The molecule has 3 N–H and O–H groups in total. The van der Waals surface area contributed by atoms with Gasteiger partial charge < -0.3 is 10.3 Å². The molecule has 90 valence electrons. The minimum Gasteiger partial charge on any atom is -0.366 e. The minimum atomic E-state index is -0.372. The highest BCUT2D eigenvalue weighted by Gasteiger charge is 2.14. The van der Waals surface area contributed by atoms with Crippen LogP contribution in [0.3, 0.4) is 0 Å². The van der Waals surface area contributed by atoms with Crippen LogP contribution in [0.25, 0.3) is 23.1 Å². The summed E-state index contributed by atoms with van der Waals surface area (Å²) >= 11 is 0. The van der Waals surface area contributed by atoms with Gasteiger partial charge in [0.05, 0.1) is 0 Å². The quantitative estimate of drug-likeness (QED) is 0.704. The molecule has 0 bridgehead atoms. The summed E-state index contributed by atoms with van der Waals surface area (Å²) in [7, 11) is 0. The van der Waals surface area contributed by atoms with Crippen molar-refractivity contribution in [2.75, 3.05) is 5.73 Å². The molecule has 0 aliphatic heterocycles. The smallest absolute Gasteiger partial charge is 0.295 e. The Morgan fingerprint density at radius 2 is 2.17 bits per heavy atom.